The van der Waals surface area contributed by atoms with Gasteiger partial charge in [0.2, 0.25) is 6.43 Å². The first-order valence-electron chi connectivity index (χ1n) is 5.27. The summed E-state index contributed by atoms with van der Waals surface area (Å²) >= 11 is 0.631. The molecule has 0 amide bonds. The Morgan fingerprint density at radius 1 is 1.17 bits per heavy atom. The van der Waals surface area contributed by atoms with Crippen molar-refractivity contribution >= 4 is 16.9 Å². The average molecular weight is 296 g/mol. The highest BCUT2D eigenvalue weighted by Crippen LogP contribution is 2.37. The second kappa shape index (κ2) is 7.25. The summed E-state index contributed by atoms with van der Waals surface area (Å²) in [6.45, 7) is 1.55. The van der Waals surface area contributed by atoms with E-state index in [0.717, 1.165) is 0 Å². The first-order valence-corrected chi connectivity index (χ1v) is 6.26. The molecule has 1 nitrogen and oxygen atoms in total. The van der Waals surface area contributed by atoms with Crippen LogP contribution in [0.2, 0.25) is 0 Å². The Morgan fingerprint density at radius 2 is 1.72 bits per heavy atom. The molecule has 0 unspecified atom stereocenters. The molecule has 0 rings (SSSR count). The summed E-state index contributed by atoms with van der Waals surface area (Å²) in [5.41, 5.74) is 0. The highest BCUT2D eigenvalue weighted by atomic mass is 32.2. The van der Waals surface area contributed by atoms with Crippen LogP contribution in [0.1, 0.15) is 32.6 Å². The number of alkyl halides is 6. The van der Waals surface area contributed by atoms with Crippen molar-refractivity contribution in [3.63, 3.8) is 0 Å². The first-order chi connectivity index (χ1) is 8.08. The molecule has 0 aliphatic carbocycles. The van der Waals surface area contributed by atoms with Crippen molar-refractivity contribution in [2.75, 3.05) is 5.75 Å². The largest absolute Gasteiger partial charge is 0.287 e. The van der Waals surface area contributed by atoms with Crippen molar-refractivity contribution in [3.05, 3.63) is 0 Å². The van der Waals surface area contributed by atoms with E-state index in [0.29, 0.717) is 11.8 Å². The Kier molecular flexibility index (Phi) is 7.09. The summed E-state index contributed by atoms with van der Waals surface area (Å²) < 4.78 is 75.2. The second-order valence-corrected chi connectivity index (χ2v) is 4.96. The quantitative estimate of drug-likeness (QED) is 0.619. The minimum atomic E-state index is -4.10. The van der Waals surface area contributed by atoms with Crippen LogP contribution in [0.4, 0.5) is 26.3 Å². The average Bonchev–Trinajstić information content (AvgIpc) is 2.12. The SMILES string of the molecule is CCC(=O)SCCC(F)(F)CC(F)(F)CC(F)F. The molecule has 0 fully saturated rings. The molecule has 0 atom stereocenters. The molecule has 0 heterocycles. The van der Waals surface area contributed by atoms with Gasteiger partial charge in [-0.2, -0.15) is 0 Å². The number of halogens is 6. The van der Waals surface area contributed by atoms with Gasteiger partial charge < -0.3 is 0 Å². The predicted octanol–water partition coefficient (Wildman–Crippen LogP) is 4.36. The van der Waals surface area contributed by atoms with Gasteiger partial charge in [0.15, 0.2) is 5.12 Å². The molecule has 0 aromatic rings. The summed E-state index contributed by atoms with van der Waals surface area (Å²) in [6.07, 6.45) is -7.87. The zero-order valence-corrected chi connectivity index (χ0v) is 10.5. The molecule has 0 saturated heterocycles. The summed E-state index contributed by atoms with van der Waals surface area (Å²) in [4.78, 5) is 10.8. The second-order valence-electron chi connectivity index (χ2n) is 3.81. The molecule has 0 N–H and O–H groups in total. The number of hydrogen-bond acceptors (Lipinski definition) is 2. The van der Waals surface area contributed by atoms with Crippen molar-refractivity contribution in [3.8, 4) is 0 Å². The van der Waals surface area contributed by atoms with Gasteiger partial charge in [-0.1, -0.05) is 18.7 Å². The maximum atomic E-state index is 13.1. The fourth-order valence-electron chi connectivity index (χ4n) is 1.18. The lowest BCUT2D eigenvalue weighted by atomic mass is 10.1. The molecule has 0 aliphatic heterocycles. The van der Waals surface area contributed by atoms with E-state index in [9.17, 15) is 31.1 Å². The zero-order chi connectivity index (χ0) is 14.4. The van der Waals surface area contributed by atoms with E-state index >= 15 is 0 Å². The van der Waals surface area contributed by atoms with Gasteiger partial charge >= 0.3 is 0 Å². The summed E-state index contributed by atoms with van der Waals surface area (Å²) in [5, 5.41) is -0.315. The third-order valence-electron chi connectivity index (χ3n) is 1.99. The van der Waals surface area contributed by atoms with Crippen molar-refractivity contribution in [1.82, 2.24) is 0 Å². The number of hydrogen-bond donors (Lipinski definition) is 0. The topological polar surface area (TPSA) is 17.1 Å². The van der Waals surface area contributed by atoms with E-state index < -0.39 is 37.5 Å². The van der Waals surface area contributed by atoms with Gasteiger partial charge in [-0.25, -0.2) is 26.3 Å². The lowest BCUT2D eigenvalue weighted by Crippen LogP contribution is -2.31. The van der Waals surface area contributed by atoms with Crippen LogP contribution in [0.3, 0.4) is 0 Å². The van der Waals surface area contributed by atoms with Gasteiger partial charge in [-0.15, -0.1) is 0 Å². The van der Waals surface area contributed by atoms with Gasteiger partial charge in [0.25, 0.3) is 11.8 Å². The molecule has 8 heteroatoms. The van der Waals surface area contributed by atoms with Crippen LogP contribution in [0.15, 0.2) is 0 Å². The van der Waals surface area contributed by atoms with Crippen molar-refractivity contribution in [1.29, 1.82) is 0 Å². The maximum Gasteiger partial charge on any atom is 0.259 e. The predicted molar refractivity (Wildman–Crippen MR) is 57.5 cm³/mol. The van der Waals surface area contributed by atoms with E-state index in [-0.39, 0.29) is 17.3 Å². The van der Waals surface area contributed by atoms with E-state index in [2.05, 4.69) is 0 Å². The summed E-state index contributed by atoms with van der Waals surface area (Å²) in [5.74, 6) is -8.15. The third kappa shape index (κ3) is 8.66. The zero-order valence-electron chi connectivity index (χ0n) is 9.70. The molecule has 0 aliphatic rings. The van der Waals surface area contributed by atoms with Crippen LogP contribution < -0.4 is 0 Å². The number of carbonyl (C=O) groups excluding carboxylic acids is 1. The van der Waals surface area contributed by atoms with E-state index in [1.165, 1.54) is 0 Å². The summed E-state index contributed by atoms with van der Waals surface area (Å²) in [7, 11) is 0. The monoisotopic (exact) mass is 296 g/mol. The Morgan fingerprint density at radius 3 is 2.17 bits per heavy atom. The van der Waals surface area contributed by atoms with Crippen LogP contribution in [0.5, 0.6) is 0 Å². The fraction of sp³-hybridized carbons (Fsp3) is 0.900. The van der Waals surface area contributed by atoms with Crippen LogP contribution in [-0.4, -0.2) is 29.1 Å². The molecule has 0 saturated carbocycles. The number of carbonyl (C=O) groups is 1. The lowest BCUT2D eigenvalue weighted by Gasteiger charge is -2.22. The van der Waals surface area contributed by atoms with Crippen LogP contribution in [0.25, 0.3) is 0 Å². The minimum Gasteiger partial charge on any atom is -0.287 e. The molecule has 0 aromatic heterocycles. The van der Waals surface area contributed by atoms with Crippen LogP contribution in [0, 0.1) is 0 Å². The smallest absolute Gasteiger partial charge is 0.259 e. The molecular formula is C10H14F6OS. The summed E-state index contributed by atoms with van der Waals surface area (Å²) in [6, 6.07) is 0. The Hall–Kier alpha value is -0.400. The van der Waals surface area contributed by atoms with Crippen molar-refractivity contribution < 1.29 is 31.1 Å². The molecule has 0 radical (unpaired) electrons. The van der Waals surface area contributed by atoms with E-state index in [4.69, 9.17) is 0 Å². The molecule has 18 heavy (non-hydrogen) atoms. The van der Waals surface area contributed by atoms with Gasteiger partial charge in [0.05, 0.1) is 12.8 Å². The molecule has 0 aromatic carbocycles. The third-order valence-corrected chi connectivity index (χ3v) is 3.01. The first kappa shape index (κ1) is 17.6. The standard InChI is InChI=1S/C10H14F6OS/c1-2-8(17)18-4-3-9(13,14)6-10(15,16)5-7(11)12/h7H,2-6H2,1H3. The molecule has 0 spiro atoms. The Labute approximate surface area is 105 Å². The van der Waals surface area contributed by atoms with E-state index in [1.807, 2.05) is 0 Å². The molecule has 108 valence electrons. The highest BCUT2D eigenvalue weighted by molar-refractivity contribution is 8.13. The van der Waals surface area contributed by atoms with Gasteiger partial charge in [-0.3, -0.25) is 4.79 Å². The van der Waals surface area contributed by atoms with Gasteiger partial charge in [-0.05, 0) is 0 Å². The molecule has 0 bridgehead atoms. The van der Waals surface area contributed by atoms with Crippen molar-refractivity contribution in [2.45, 2.75) is 50.9 Å². The Balaban J connectivity index is 4.16. The maximum absolute atomic E-state index is 13.1. The van der Waals surface area contributed by atoms with Gasteiger partial charge in [0.1, 0.15) is 0 Å². The van der Waals surface area contributed by atoms with Crippen LogP contribution >= 0.6 is 11.8 Å². The Bertz CT molecular complexity index is 269. The van der Waals surface area contributed by atoms with Gasteiger partial charge in [0, 0.05) is 18.6 Å². The highest BCUT2D eigenvalue weighted by Gasteiger charge is 2.44. The number of thioether (sulfide) groups is 1. The molecular weight excluding hydrogens is 282 g/mol. The van der Waals surface area contributed by atoms with Crippen molar-refractivity contribution in [2.24, 2.45) is 0 Å². The minimum absolute atomic E-state index is 0.164. The van der Waals surface area contributed by atoms with Crippen LogP contribution in [-0.2, 0) is 4.79 Å². The normalized spacial score (nSPS) is 13.1. The number of rotatable bonds is 8. The fourth-order valence-corrected chi connectivity index (χ4v) is 2.01. The lowest BCUT2D eigenvalue weighted by molar-refractivity contribution is -0.131. The van der Waals surface area contributed by atoms with E-state index in [1.54, 1.807) is 6.92 Å².